The van der Waals surface area contributed by atoms with Gasteiger partial charge in [-0.3, -0.25) is 10.3 Å². The molecule has 0 radical (unpaired) electrons. The Morgan fingerprint density at radius 2 is 2.15 bits per heavy atom. The summed E-state index contributed by atoms with van der Waals surface area (Å²) in [5.74, 6) is 1.20. The van der Waals surface area contributed by atoms with Gasteiger partial charge in [0.2, 0.25) is 0 Å². The molecule has 0 aliphatic carbocycles. The lowest BCUT2D eigenvalue weighted by Crippen LogP contribution is -3.00. The number of hydrogen-bond acceptors (Lipinski definition) is 2. The van der Waals surface area contributed by atoms with Gasteiger partial charge in [0.25, 0.3) is 0 Å². The van der Waals surface area contributed by atoms with Crippen molar-refractivity contribution >= 4 is 16.9 Å². The number of thioether (sulfide) groups is 1. The van der Waals surface area contributed by atoms with Gasteiger partial charge in [0.05, 0.1) is 19.6 Å². The van der Waals surface area contributed by atoms with Gasteiger partial charge in [0.15, 0.2) is 0 Å². The summed E-state index contributed by atoms with van der Waals surface area (Å²) in [6.07, 6.45) is 1.16. The lowest BCUT2D eigenvalue weighted by molar-refractivity contribution is -0.446. The average Bonchev–Trinajstić information content (AvgIpc) is 2.41. The minimum atomic E-state index is 0. The lowest BCUT2D eigenvalue weighted by Gasteiger charge is -1.93. The van der Waals surface area contributed by atoms with Crippen LogP contribution in [0.1, 0.15) is 6.42 Å². The quantitative estimate of drug-likeness (QED) is 0.446. The molecule has 0 bridgehead atoms. The largest absolute Gasteiger partial charge is 1.00 e. The molecule has 0 aromatic rings. The van der Waals surface area contributed by atoms with E-state index in [2.05, 4.69) is 16.0 Å². The summed E-state index contributed by atoms with van der Waals surface area (Å²) in [6.45, 7) is 3.18. The highest BCUT2D eigenvalue weighted by molar-refractivity contribution is 8.13. The van der Waals surface area contributed by atoms with E-state index in [9.17, 15) is 0 Å². The molecular weight excluding hydrogens is 322 g/mol. The highest BCUT2D eigenvalue weighted by Gasteiger charge is 2.11. The molecule has 0 amide bonds. The smallest absolute Gasteiger partial charge is 0.304 e. The van der Waals surface area contributed by atoms with Gasteiger partial charge in [-0.1, -0.05) is 0 Å². The summed E-state index contributed by atoms with van der Waals surface area (Å²) < 4.78 is 0. The second-order valence-corrected chi connectivity index (χ2v) is 3.34. The van der Waals surface area contributed by atoms with Gasteiger partial charge in [-0.25, -0.2) is 0 Å². The Morgan fingerprint density at radius 3 is 2.62 bits per heavy atom. The molecule has 0 saturated heterocycles. The van der Waals surface area contributed by atoms with E-state index in [-0.39, 0.29) is 39.4 Å². The molecule has 0 atom stereocenters. The fraction of sp³-hybridized carbons (Fsp3) is 0.833. The van der Waals surface area contributed by atoms with E-state index in [0.29, 0.717) is 0 Å². The molecule has 0 aromatic carbocycles. The maximum Gasteiger partial charge on any atom is 0.304 e. The first-order chi connectivity index (χ1) is 4.93. The minimum Gasteiger partial charge on any atom is -1.00 e. The summed E-state index contributed by atoms with van der Waals surface area (Å²) in [5, 5.41) is 4.55. The van der Waals surface area contributed by atoms with Crippen LogP contribution >= 0.6 is 11.8 Å². The van der Waals surface area contributed by atoms with Gasteiger partial charge in [-0.2, -0.15) is 0 Å². The molecule has 0 unspecified atom stereocenters. The summed E-state index contributed by atoms with van der Waals surface area (Å²) in [4.78, 5) is 3.26. The molecule has 1 aliphatic heterocycles. The molecule has 0 saturated carbocycles. The Labute approximate surface area is 104 Å². The van der Waals surface area contributed by atoms with E-state index in [1.54, 1.807) is 0 Å². The number of amidine groups is 1. The van der Waals surface area contributed by atoms with Crippen molar-refractivity contribution in [3.8, 4) is 0 Å². The number of rotatable bonds is 3. The van der Waals surface area contributed by atoms with Crippen molar-refractivity contribution in [1.82, 2.24) is 5.32 Å². The summed E-state index contributed by atoms with van der Waals surface area (Å²) in [5.41, 5.74) is 3.77. The van der Waals surface area contributed by atoms with Gasteiger partial charge in [-0.15, -0.1) is 0 Å². The summed E-state index contributed by atoms with van der Waals surface area (Å²) >= 11 is 1.87. The third kappa shape index (κ3) is 9.01. The van der Waals surface area contributed by atoms with Crippen molar-refractivity contribution < 1.29 is 50.2 Å². The van der Waals surface area contributed by atoms with Gasteiger partial charge in [0, 0.05) is 12.2 Å². The van der Waals surface area contributed by atoms with Crippen LogP contribution in [0.5, 0.6) is 0 Å². The van der Waals surface area contributed by atoms with Crippen LogP contribution in [-0.4, -0.2) is 36.0 Å². The first kappa shape index (κ1) is 19.3. The minimum absolute atomic E-state index is 0. The third-order valence-corrected chi connectivity index (χ3v) is 2.33. The lowest BCUT2D eigenvalue weighted by atomic mass is 10.4. The maximum absolute atomic E-state index is 3.77. The zero-order chi connectivity index (χ0) is 7.23. The Kier molecular flexibility index (Phi) is 18.9. The molecule has 7 heteroatoms. The van der Waals surface area contributed by atoms with Crippen LogP contribution in [-0.2, 0) is 0 Å². The fourth-order valence-corrected chi connectivity index (χ4v) is 1.63. The van der Waals surface area contributed by atoms with Crippen molar-refractivity contribution in [3.05, 3.63) is 0 Å². The van der Waals surface area contributed by atoms with Crippen LogP contribution in [0.3, 0.4) is 0 Å². The first-order valence-corrected chi connectivity index (χ1v) is 4.69. The number of hydrogen-bond donors (Lipinski definition) is 3. The molecule has 1 rings (SSSR count). The van der Waals surface area contributed by atoms with Crippen molar-refractivity contribution in [1.29, 1.82) is 0 Å². The second-order valence-electron chi connectivity index (χ2n) is 2.24. The zero-order valence-electron chi connectivity index (χ0n) is 7.41. The van der Waals surface area contributed by atoms with Crippen molar-refractivity contribution in [2.45, 2.75) is 6.42 Å². The monoisotopic (exact) mass is 337 g/mol. The Bertz CT molecular complexity index is 137. The van der Waals surface area contributed by atoms with E-state index in [0.717, 1.165) is 26.1 Å². The molecule has 7 N–H and O–H groups in total. The van der Waals surface area contributed by atoms with Gasteiger partial charge in [-0.05, 0) is 11.8 Å². The van der Waals surface area contributed by atoms with Crippen LogP contribution in [0.4, 0.5) is 0 Å². The van der Waals surface area contributed by atoms with Crippen LogP contribution in [0.25, 0.3) is 0 Å². The van der Waals surface area contributed by atoms with Gasteiger partial charge < -0.3 is 45.2 Å². The number of quaternary nitrogens is 1. The van der Waals surface area contributed by atoms with E-state index in [1.165, 1.54) is 10.9 Å². The van der Waals surface area contributed by atoms with E-state index in [1.807, 2.05) is 11.8 Å². The molecule has 1 heterocycles. The molecule has 0 spiro atoms. The SMILES string of the molecule is O.[Br-].[Br-].[NH3+]CCCNC1=[NH+]CCS1. The van der Waals surface area contributed by atoms with Crippen LogP contribution in [0.15, 0.2) is 0 Å². The predicted molar refractivity (Wildman–Crippen MR) is 47.3 cm³/mol. The van der Waals surface area contributed by atoms with E-state index >= 15 is 0 Å². The van der Waals surface area contributed by atoms with Crippen LogP contribution in [0, 0.1) is 0 Å². The first-order valence-electron chi connectivity index (χ1n) is 3.70. The zero-order valence-corrected chi connectivity index (χ0v) is 11.4. The van der Waals surface area contributed by atoms with E-state index in [4.69, 9.17) is 0 Å². The molecular formula is C6H17Br2N3OS. The predicted octanol–water partition coefficient (Wildman–Crippen LogP) is -9.43. The van der Waals surface area contributed by atoms with Gasteiger partial charge in [0.1, 0.15) is 0 Å². The van der Waals surface area contributed by atoms with Crippen molar-refractivity contribution in [3.63, 3.8) is 0 Å². The number of nitrogens with one attached hydrogen (secondary N) is 2. The molecule has 0 aromatic heterocycles. The standard InChI is InChI=1S/C6H13N3S.2BrH.H2O/c7-2-1-3-8-6-9-4-5-10-6;;;/h1-5,7H2,(H,8,9);2*1H;1H2. The molecule has 13 heavy (non-hydrogen) atoms. The van der Waals surface area contributed by atoms with Crippen molar-refractivity contribution in [2.75, 3.05) is 25.4 Å². The molecule has 4 nitrogen and oxygen atoms in total. The second kappa shape index (κ2) is 12.7. The summed E-state index contributed by atoms with van der Waals surface area (Å²) in [7, 11) is 0. The highest BCUT2D eigenvalue weighted by atomic mass is 79.9. The molecule has 1 aliphatic rings. The van der Waals surface area contributed by atoms with Crippen LogP contribution < -0.4 is 50.0 Å². The normalized spacial score (nSPS) is 13.2. The number of halogens is 2. The Morgan fingerprint density at radius 1 is 1.46 bits per heavy atom. The Hall–Kier alpha value is 0.700. The topological polar surface area (TPSA) is 85.1 Å². The highest BCUT2D eigenvalue weighted by Crippen LogP contribution is 1.97. The van der Waals surface area contributed by atoms with Crippen LogP contribution in [0.2, 0.25) is 0 Å². The summed E-state index contributed by atoms with van der Waals surface area (Å²) in [6, 6.07) is 0. The Balaban J connectivity index is -0.000000333. The van der Waals surface area contributed by atoms with Gasteiger partial charge >= 0.3 is 5.17 Å². The third-order valence-electron chi connectivity index (χ3n) is 1.35. The fourth-order valence-electron chi connectivity index (χ4n) is 0.809. The maximum atomic E-state index is 3.77. The van der Waals surface area contributed by atoms with Crippen molar-refractivity contribution in [2.24, 2.45) is 0 Å². The van der Waals surface area contributed by atoms with E-state index < -0.39 is 0 Å². The molecule has 0 fully saturated rings. The average molecular weight is 339 g/mol. The molecule has 82 valence electrons.